The molecular formula is C10H15NO. The first-order valence-corrected chi connectivity index (χ1v) is 4.11. The van der Waals surface area contributed by atoms with E-state index in [1.807, 2.05) is 39.0 Å². The highest BCUT2D eigenvalue weighted by Crippen LogP contribution is 2.19. The van der Waals surface area contributed by atoms with Gasteiger partial charge in [0.05, 0.1) is 6.61 Å². The van der Waals surface area contributed by atoms with E-state index >= 15 is 0 Å². The second-order valence-electron chi connectivity index (χ2n) is 3.71. The Kier molecular flexibility index (Phi) is 2.48. The Morgan fingerprint density at radius 2 is 2.08 bits per heavy atom. The van der Waals surface area contributed by atoms with Crippen molar-refractivity contribution in [3.05, 3.63) is 29.6 Å². The van der Waals surface area contributed by atoms with Crippen LogP contribution in [-0.4, -0.2) is 16.7 Å². The largest absolute Gasteiger partial charge is 0.395 e. The molecule has 1 aromatic heterocycles. The van der Waals surface area contributed by atoms with Crippen LogP contribution in [0, 0.1) is 6.92 Å². The highest BCUT2D eigenvalue weighted by atomic mass is 16.3. The van der Waals surface area contributed by atoms with Crippen molar-refractivity contribution in [3.8, 4) is 0 Å². The molecule has 66 valence electrons. The molecule has 1 N–H and O–H groups in total. The highest BCUT2D eigenvalue weighted by molar-refractivity contribution is 5.17. The Labute approximate surface area is 73.3 Å². The highest BCUT2D eigenvalue weighted by Gasteiger charge is 2.20. The summed E-state index contributed by atoms with van der Waals surface area (Å²) in [5.41, 5.74) is 1.71. The number of aliphatic hydroxyl groups excluding tert-OH is 1. The summed E-state index contributed by atoms with van der Waals surface area (Å²) in [5.74, 6) is 0. The minimum absolute atomic E-state index is 0.128. The van der Waals surface area contributed by atoms with Crippen molar-refractivity contribution < 1.29 is 5.11 Å². The molecule has 0 radical (unpaired) electrons. The molecule has 1 rings (SSSR count). The van der Waals surface area contributed by atoms with Gasteiger partial charge < -0.3 is 5.11 Å². The van der Waals surface area contributed by atoms with Crippen LogP contribution in [0.2, 0.25) is 0 Å². The number of hydrogen-bond acceptors (Lipinski definition) is 2. The molecule has 0 saturated heterocycles. The maximum Gasteiger partial charge on any atom is 0.0537 e. The number of aryl methyl sites for hydroxylation is 1. The minimum Gasteiger partial charge on any atom is -0.395 e. The molecule has 0 aromatic carbocycles. The maximum atomic E-state index is 9.10. The Morgan fingerprint density at radius 1 is 1.42 bits per heavy atom. The minimum atomic E-state index is -0.230. The van der Waals surface area contributed by atoms with Crippen LogP contribution in [0.1, 0.15) is 25.2 Å². The third kappa shape index (κ3) is 1.83. The molecule has 1 heterocycles. The molecule has 0 atom stereocenters. The molecular weight excluding hydrogens is 150 g/mol. The molecule has 0 spiro atoms. The zero-order valence-corrected chi connectivity index (χ0v) is 7.83. The lowest BCUT2D eigenvalue weighted by Gasteiger charge is -2.20. The summed E-state index contributed by atoms with van der Waals surface area (Å²) in [6.45, 7) is 6.05. The molecule has 0 aliphatic heterocycles. The summed E-state index contributed by atoms with van der Waals surface area (Å²) in [4.78, 5) is 4.36. The van der Waals surface area contributed by atoms with Gasteiger partial charge in [0.1, 0.15) is 0 Å². The first-order chi connectivity index (χ1) is 5.56. The van der Waals surface area contributed by atoms with E-state index in [9.17, 15) is 0 Å². The van der Waals surface area contributed by atoms with Gasteiger partial charge in [0.15, 0.2) is 0 Å². The second kappa shape index (κ2) is 3.23. The van der Waals surface area contributed by atoms with Gasteiger partial charge in [0.2, 0.25) is 0 Å². The van der Waals surface area contributed by atoms with E-state index in [0.29, 0.717) is 0 Å². The Bertz CT molecular complexity index is 268. The normalized spacial score (nSPS) is 11.7. The van der Waals surface area contributed by atoms with Crippen molar-refractivity contribution in [2.75, 3.05) is 6.61 Å². The van der Waals surface area contributed by atoms with Gasteiger partial charge in [0.25, 0.3) is 0 Å². The molecule has 0 fully saturated rings. The fourth-order valence-electron chi connectivity index (χ4n) is 1.00. The van der Waals surface area contributed by atoms with Gasteiger partial charge in [-0.05, 0) is 19.1 Å². The van der Waals surface area contributed by atoms with Crippen molar-refractivity contribution in [2.45, 2.75) is 26.2 Å². The Morgan fingerprint density at radius 3 is 2.58 bits per heavy atom. The van der Waals surface area contributed by atoms with E-state index in [-0.39, 0.29) is 12.0 Å². The molecule has 12 heavy (non-hydrogen) atoms. The maximum absolute atomic E-state index is 9.10. The van der Waals surface area contributed by atoms with Crippen molar-refractivity contribution >= 4 is 0 Å². The van der Waals surface area contributed by atoms with Crippen molar-refractivity contribution in [3.63, 3.8) is 0 Å². The summed E-state index contributed by atoms with van der Waals surface area (Å²) < 4.78 is 0. The monoisotopic (exact) mass is 165 g/mol. The zero-order chi connectivity index (χ0) is 9.19. The number of nitrogens with zero attached hydrogens (tertiary/aromatic N) is 1. The fraction of sp³-hybridized carbons (Fsp3) is 0.500. The second-order valence-corrected chi connectivity index (χ2v) is 3.71. The molecule has 1 aromatic rings. The first kappa shape index (κ1) is 9.20. The van der Waals surface area contributed by atoms with E-state index in [0.717, 1.165) is 11.4 Å². The van der Waals surface area contributed by atoms with E-state index in [1.54, 1.807) is 0 Å². The SMILES string of the molecule is Cc1cccc(C(C)(C)CO)n1. The van der Waals surface area contributed by atoms with Gasteiger partial charge in [0, 0.05) is 16.8 Å². The smallest absolute Gasteiger partial charge is 0.0537 e. The fourth-order valence-corrected chi connectivity index (χ4v) is 1.00. The Balaban J connectivity index is 3.03. The molecule has 2 nitrogen and oxygen atoms in total. The zero-order valence-electron chi connectivity index (χ0n) is 7.83. The molecule has 0 bridgehead atoms. The van der Waals surface area contributed by atoms with Crippen LogP contribution < -0.4 is 0 Å². The van der Waals surface area contributed by atoms with Crippen molar-refractivity contribution in [1.29, 1.82) is 0 Å². The predicted molar refractivity (Wildman–Crippen MR) is 49.1 cm³/mol. The van der Waals surface area contributed by atoms with Crippen LogP contribution in [0.3, 0.4) is 0 Å². The van der Waals surface area contributed by atoms with Crippen LogP contribution in [0.15, 0.2) is 18.2 Å². The summed E-state index contributed by atoms with van der Waals surface area (Å²) in [6.07, 6.45) is 0. The molecule has 0 aliphatic rings. The number of rotatable bonds is 2. The van der Waals surface area contributed by atoms with Crippen LogP contribution in [0.25, 0.3) is 0 Å². The van der Waals surface area contributed by atoms with E-state index in [4.69, 9.17) is 5.11 Å². The average molecular weight is 165 g/mol. The summed E-state index contributed by atoms with van der Waals surface area (Å²) in [6, 6.07) is 5.87. The molecule has 0 aliphatic carbocycles. The molecule has 0 saturated carbocycles. The lowest BCUT2D eigenvalue weighted by atomic mass is 9.90. The number of hydrogen-bond donors (Lipinski definition) is 1. The van der Waals surface area contributed by atoms with Gasteiger partial charge in [-0.1, -0.05) is 19.9 Å². The number of aliphatic hydroxyl groups is 1. The topological polar surface area (TPSA) is 33.1 Å². The van der Waals surface area contributed by atoms with Crippen LogP contribution in [0.5, 0.6) is 0 Å². The third-order valence-corrected chi connectivity index (χ3v) is 1.98. The molecule has 2 heteroatoms. The van der Waals surface area contributed by atoms with Crippen LogP contribution in [-0.2, 0) is 5.41 Å². The summed E-state index contributed by atoms with van der Waals surface area (Å²) >= 11 is 0. The molecule has 0 unspecified atom stereocenters. The van der Waals surface area contributed by atoms with Gasteiger partial charge >= 0.3 is 0 Å². The lowest BCUT2D eigenvalue weighted by molar-refractivity contribution is 0.215. The first-order valence-electron chi connectivity index (χ1n) is 4.11. The lowest BCUT2D eigenvalue weighted by Crippen LogP contribution is -2.23. The quantitative estimate of drug-likeness (QED) is 0.723. The van der Waals surface area contributed by atoms with Gasteiger partial charge in [-0.15, -0.1) is 0 Å². The van der Waals surface area contributed by atoms with Gasteiger partial charge in [-0.25, -0.2) is 0 Å². The number of pyridine rings is 1. The van der Waals surface area contributed by atoms with E-state index < -0.39 is 0 Å². The third-order valence-electron chi connectivity index (χ3n) is 1.98. The van der Waals surface area contributed by atoms with Crippen LogP contribution in [0.4, 0.5) is 0 Å². The van der Waals surface area contributed by atoms with Crippen molar-refractivity contribution in [1.82, 2.24) is 4.98 Å². The van der Waals surface area contributed by atoms with Crippen molar-refractivity contribution in [2.24, 2.45) is 0 Å². The van der Waals surface area contributed by atoms with E-state index in [1.165, 1.54) is 0 Å². The average Bonchev–Trinajstić information content (AvgIpc) is 2.05. The van der Waals surface area contributed by atoms with Gasteiger partial charge in [-0.2, -0.15) is 0 Å². The number of aromatic nitrogens is 1. The summed E-state index contributed by atoms with van der Waals surface area (Å²) in [7, 11) is 0. The molecule has 0 amide bonds. The Hall–Kier alpha value is -0.890. The predicted octanol–water partition coefficient (Wildman–Crippen LogP) is 1.66. The summed E-state index contributed by atoms with van der Waals surface area (Å²) in [5, 5.41) is 9.10. The van der Waals surface area contributed by atoms with E-state index in [2.05, 4.69) is 4.98 Å². The van der Waals surface area contributed by atoms with Gasteiger partial charge in [-0.3, -0.25) is 4.98 Å². The van der Waals surface area contributed by atoms with Crippen LogP contribution >= 0.6 is 0 Å². The standard InChI is InChI=1S/C10H15NO/c1-8-5-4-6-9(11-8)10(2,3)7-12/h4-6,12H,7H2,1-3H3.